The van der Waals surface area contributed by atoms with Crippen LogP contribution in [0.4, 0.5) is 0 Å². The Morgan fingerprint density at radius 2 is 1.88 bits per heavy atom. The third-order valence-corrected chi connectivity index (χ3v) is 2.77. The lowest BCUT2D eigenvalue weighted by atomic mass is 10.0. The van der Waals surface area contributed by atoms with Gasteiger partial charge in [-0.25, -0.2) is 4.79 Å². The number of hydrogen-bond acceptors (Lipinski definition) is 2. The minimum absolute atomic E-state index is 0.415. The van der Waals surface area contributed by atoms with E-state index in [0.29, 0.717) is 5.58 Å². The van der Waals surface area contributed by atoms with E-state index in [0.717, 1.165) is 16.6 Å². The Morgan fingerprint density at radius 1 is 1.06 bits per heavy atom. The molecule has 0 saturated carbocycles. The smallest absolute Gasteiger partial charge is 0.408 e. The van der Waals surface area contributed by atoms with Crippen molar-refractivity contribution in [2.75, 3.05) is 0 Å². The van der Waals surface area contributed by atoms with Crippen molar-refractivity contribution in [1.29, 1.82) is 0 Å². The summed E-state index contributed by atoms with van der Waals surface area (Å²) in [5.41, 5.74) is 4.69. The molecule has 3 rings (SSSR count). The maximum atomic E-state index is 11.1. The topological polar surface area (TPSA) is 46.0 Å². The van der Waals surface area contributed by atoms with Crippen molar-refractivity contribution in [3.8, 4) is 11.1 Å². The highest BCUT2D eigenvalue weighted by atomic mass is 16.4. The van der Waals surface area contributed by atoms with Crippen molar-refractivity contribution in [3.05, 3.63) is 58.6 Å². The van der Waals surface area contributed by atoms with E-state index in [1.54, 1.807) is 0 Å². The molecule has 0 amide bonds. The minimum Gasteiger partial charge on any atom is -0.408 e. The fraction of sp³-hybridized carbons (Fsp3) is 0.0714. The second-order valence-corrected chi connectivity index (χ2v) is 4.09. The van der Waals surface area contributed by atoms with Crippen LogP contribution >= 0.6 is 0 Å². The van der Waals surface area contributed by atoms with Crippen LogP contribution in [0.15, 0.2) is 51.7 Å². The molecule has 0 fully saturated rings. The van der Waals surface area contributed by atoms with Gasteiger partial charge in [-0.15, -0.1) is 0 Å². The molecule has 2 aromatic carbocycles. The second-order valence-electron chi connectivity index (χ2n) is 4.09. The quantitative estimate of drug-likeness (QED) is 0.691. The van der Waals surface area contributed by atoms with Crippen LogP contribution in [0.2, 0.25) is 0 Å². The van der Waals surface area contributed by atoms with E-state index < -0.39 is 5.76 Å². The zero-order valence-corrected chi connectivity index (χ0v) is 9.36. The van der Waals surface area contributed by atoms with Crippen LogP contribution in [0.3, 0.4) is 0 Å². The molecular formula is C14H11NO2. The first kappa shape index (κ1) is 9.90. The molecule has 3 aromatic rings. The van der Waals surface area contributed by atoms with E-state index in [2.05, 4.69) is 24.0 Å². The average molecular weight is 225 g/mol. The maximum Gasteiger partial charge on any atom is 0.417 e. The van der Waals surface area contributed by atoms with E-state index in [4.69, 9.17) is 4.42 Å². The molecule has 0 aliphatic rings. The van der Waals surface area contributed by atoms with Gasteiger partial charge in [0.1, 0.15) is 0 Å². The molecular weight excluding hydrogens is 214 g/mol. The van der Waals surface area contributed by atoms with Gasteiger partial charge >= 0.3 is 5.76 Å². The number of H-pyrrole nitrogens is 1. The van der Waals surface area contributed by atoms with Gasteiger partial charge in [0.2, 0.25) is 0 Å². The third-order valence-electron chi connectivity index (χ3n) is 2.77. The predicted octanol–water partition coefficient (Wildman–Crippen LogP) is 3.10. The summed E-state index contributed by atoms with van der Waals surface area (Å²) >= 11 is 0. The van der Waals surface area contributed by atoms with Gasteiger partial charge in [0.05, 0.1) is 5.52 Å². The van der Waals surface area contributed by atoms with E-state index in [1.165, 1.54) is 5.56 Å². The molecule has 3 nitrogen and oxygen atoms in total. The van der Waals surface area contributed by atoms with Crippen LogP contribution in [0.1, 0.15) is 5.56 Å². The zero-order chi connectivity index (χ0) is 11.8. The Kier molecular flexibility index (Phi) is 2.11. The number of aromatic nitrogens is 1. The first-order chi connectivity index (χ1) is 8.22. The van der Waals surface area contributed by atoms with Crippen LogP contribution < -0.4 is 5.76 Å². The Hall–Kier alpha value is -2.29. The van der Waals surface area contributed by atoms with Gasteiger partial charge in [-0.05, 0) is 30.2 Å². The van der Waals surface area contributed by atoms with Crippen molar-refractivity contribution in [1.82, 2.24) is 4.98 Å². The van der Waals surface area contributed by atoms with Crippen LogP contribution in [-0.2, 0) is 0 Å². The molecule has 17 heavy (non-hydrogen) atoms. The van der Waals surface area contributed by atoms with Crippen LogP contribution in [-0.4, -0.2) is 4.98 Å². The maximum absolute atomic E-state index is 11.1. The summed E-state index contributed by atoms with van der Waals surface area (Å²) in [6, 6.07) is 13.9. The molecule has 0 radical (unpaired) electrons. The van der Waals surface area contributed by atoms with Crippen LogP contribution in [0.25, 0.3) is 22.2 Å². The molecule has 0 atom stereocenters. The standard InChI is InChI=1S/C14H11NO2/c1-9-3-2-4-10(7-9)11-5-6-12-13(8-11)17-14(16)15-12/h2-8H,1H3,(H,15,16). The molecule has 0 bridgehead atoms. The summed E-state index contributed by atoms with van der Waals surface area (Å²) in [5, 5.41) is 0. The second kappa shape index (κ2) is 3.63. The van der Waals surface area contributed by atoms with E-state index in [9.17, 15) is 4.79 Å². The van der Waals surface area contributed by atoms with Crippen molar-refractivity contribution >= 4 is 11.1 Å². The van der Waals surface area contributed by atoms with E-state index in [-0.39, 0.29) is 0 Å². The number of nitrogens with one attached hydrogen (secondary N) is 1. The van der Waals surface area contributed by atoms with Crippen molar-refractivity contribution in [2.24, 2.45) is 0 Å². The molecule has 3 heteroatoms. The molecule has 1 N–H and O–H groups in total. The summed E-state index contributed by atoms with van der Waals surface area (Å²) in [6.45, 7) is 2.05. The number of aryl methyl sites for hydroxylation is 1. The SMILES string of the molecule is Cc1cccc(-c2ccc3[nH]c(=O)oc3c2)c1. The normalized spacial score (nSPS) is 10.9. The first-order valence-electron chi connectivity index (χ1n) is 5.42. The number of rotatable bonds is 1. The van der Waals surface area contributed by atoms with Gasteiger partial charge in [0.15, 0.2) is 5.58 Å². The summed E-state index contributed by atoms with van der Waals surface area (Å²) in [7, 11) is 0. The van der Waals surface area contributed by atoms with Crippen LogP contribution in [0.5, 0.6) is 0 Å². The van der Waals surface area contributed by atoms with E-state index >= 15 is 0 Å². The molecule has 0 aliphatic heterocycles. The Labute approximate surface area is 97.7 Å². The molecule has 0 spiro atoms. The van der Waals surface area contributed by atoms with E-state index in [1.807, 2.05) is 30.3 Å². The van der Waals surface area contributed by atoms with Crippen molar-refractivity contribution in [2.45, 2.75) is 6.92 Å². The number of aromatic amines is 1. The highest BCUT2D eigenvalue weighted by molar-refractivity contribution is 5.79. The fourth-order valence-corrected chi connectivity index (χ4v) is 1.95. The molecule has 0 aliphatic carbocycles. The molecule has 0 saturated heterocycles. The summed E-state index contributed by atoms with van der Waals surface area (Å²) in [6.07, 6.45) is 0. The largest absolute Gasteiger partial charge is 0.417 e. The molecule has 1 heterocycles. The highest BCUT2D eigenvalue weighted by Crippen LogP contribution is 2.23. The lowest BCUT2D eigenvalue weighted by Crippen LogP contribution is -1.92. The molecule has 0 unspecified atom stereocenters. The Bertz CT molecular complexity index is 737. The van der Waals surface area contributed by atoms with Crippen LogP contribution in [0, 0.1) is 6.92 Å². The minimum atomic E-state index is -0.415. The average Bonchev–Trinajstić information content (AvgIpc) is 2.68. The first-order valence-corrected chi connectivity index (χ1v) is 5.42. The van der Waals surface area contributed by atoms with Gasteiger partial charge in [-0.1, -0.05) is 35.9 Å². The third kappa shape index (κ3) is 1.76. The lowest BCUT2D eigenvalue weighted by molar-refractivity contribution is 0.555. The van der Waals surface area contributed by atoms with Gasteiger partial charge in [0.25, 0.3) is 0 Å². The lowest BCUT2D eigenvalue weighted by Gasteiger charge is -2.02. The van der Waals surface area contributed by atoms with Gasteiger partial charge in [-0.2, -0.15) is 0 Å². The van der Waals surface area contributed by atoms with Gasteiger partial charge in [-0.3, -0.25) is 4.98 Å². The molecule has 84 valence electrons. The monoisotopic (exact) mass is 225 g/mol. The van der Waals surface area contributed by atoms with Crippen molar-refractivity contribution < 1.29 is 4.42 Å². The number of hydrogen-bond donors (Lipinski definition) is 1. The van der Waals surface area contributed by atoms with Gasteiger partial charge < -0.3 is 4.42 Å². The zero-order valence-electron chi connectivity index (χ0n) is 9.36. The number of fused-ring (bicyclic) bond motifs is 1. The van der Waals surface area contributed by atoms with Gasteiger partial charge in [0, 0.05) is 0 Å². The highest BCUT2D eigenvalue weighted by Gasteiger charge is 2.03. The van der Waals surface area contributed by atoms with Crippen molar-refractivity contribution in [3.63, 3.8) is 0 Å². The fourth-order valence-electron chi connectivity index (χ4n) is 1.95. The molecule has 1 aromatic heterocycles. The Balaban J connectivity index is 2.20. The summed E-state index contributed by atoms with van der Waals surface area (Å²) in [4.78, 5) is 13.7. The number of oxazole rings is 1. The number of benzene rings is 2. The summed E-state index contributed by atoms with van der Waals surface area (Å²) < 4.78 is 5.05. The summed E-state index contributed by atoms with van der Waals surface area (Å²) in [5.74, 6) is -0.415. The Morgan fingerprint density at radius 3 is 2.71 bits per heavy atom. The predicted molar refractivity (Wildman–Crippen MR) is 67.0 cm³/mol.